The molecule has 1 aromatic heterocycles. The van der Waals surface area contributed by atoms with Gasteiger partial charge in [0.05, 0.1) is 5.02 Å². The highest BCUT2D eigenvalue weighted by Gasteiger charge is 2.13. The number of nitrogens with two attached hydrogens (primary N) is 1. The fourth-order valence-electron chi connectivity index (χ4n) is 1.67. The molecular formula is C12H13Cl2N3O2. The van der Waals surface area contributed by atoms with Crippen molar-refractivity contribution in [3.8, 4) is 5.75 Å². The van der Waals surface area contributed by atoms with Crippen LogP contribution in [0.2, 0.25) is 10.0 Å². The Bertz CT molecular complexity index is 544. The highest BCUT2D eigenvalue weighted by atomic mass is 35.5. The van der Waals surface area contributed by atoms with E-state index < -0.39 is 0 Å². The van der Waals surface area contributed by atoms with E-state index in [2.05, 4.69) is 14.7 Å². The number of ether oxygens (including phenoxy) is 1. The summed E-state index contributed by atoms with van der Waals surface area (Å²) in [5, 5.41) is 4.65. The van der Waals surface area contributed by atoms with Gasteiger partial charge in [-0.15, -0.1) is 0 Å². The summed E-state index contributed by atoms with van der Waals surface area (Å²) in [7, 11) is 0. The molecule has 19 heavy (non-hydrogen) atoms. The summed E-state index contributed by atoms with van der Waals surface area (Å²) >= 11 is 12.1. The van der Waals surface area contributed by atoms with Crippen molar-refractivity contribution in [3.63, 3.8) is 0 Å². The molecule has 5 nitrogen and oxygen atoms in total. The minimum atomic E-state index is -0.0259. The van der Waals surface area contributed by atoms with Crippen molar-refractivity contribution in [2.75, 3.05) is 0 Å². The molecule has 1 heterocycles. The first-order valence-corrected chi connectivity index (χ1v) is 6.43. The van der Waals surface area contributed by atoms with E-state index >= 15 is 0 Å². The van der Waals surface area contributed by atoms with Crippen LogP contribution in [0.1, 0.15) is 18.3 Å². The van der Waals surface area contributed by atoms with E-state index in [1.807, 2.05) is 6.92 Å². The fraction of sp³-hybridized carbons (Fsp3) is 0.333. The monoisotopic (exact) mass is 301 g/mol. The maximum atomic E-state index is 6.14. The van der Waals surface area contributed by atoms with Crippen LogP contribution in [0.5, 0.6) is 5.75 Å². The molecule has 0 radical (unpaired) electrons. The first-order chi connectivity index (χ1) is 9.06. The summed E-state index contributed by atoms with van der Waals surface area (Å²) in [5.74, 6) is 0.992. The minimum Gasteiger partial charge on any atom is -0.484 e. The maximum Gasteiger partial charge on any atom is 0.213 e. The van der Waals surface area contributed by atoms with E-state index in [0.717, 1.165) is 5.56 Å². The van der Waals surface area contributed by atoms with Crippen molar-refractivity contribution in [1.29, 1.82) is 0 Å². The lowest BCUT2D eigenvalue weighted by atomic mass is 10.1. The van der Waals surface area contributed by atoms with Gasteiger partial charge in [-0.3, -0.25) is 0 Å². The molecule has 1 aromatic carbocycles. The number of nitrogens with zero attached hydrogens (tertiary/aromatic N) is 2. The molecule has 0 aliphatic rings. The van der Waals surface area contributed by atoms with E-state index in [4.69, 9.17) is 33.7 Å². The van der Waals surface area contributed by atoms with Gasteiger partial charge in [-0.05, 0) is 31.0 Å². The molecule has 1 atom stereocenters. The van der Waals surface area contributed by atoms with E-state index in [0.29, 0.717) is 28.0 Å². The van der Waals surface area contributed by atoms with Gasteiger partial charge in [0, 0.05) is 11.1 Å². The molecule has 0 amide bonds. The van der Waals surface area contributed by atoms with Crippen LogP contribution in [0.3, 0.4) is 0 Å². The van der Waals surface area contributed by atoms with E-state index in [-0.39, 0.29) is 12.6 Å². The first-order valence-electron chi connectivity index (χ1n) is 5.68. The molecular weight excluding hydrogens is 289 g/mol. The zero-order chi connectivity index (χ0) is 13.8. The number of aromatic nitrogens is 2. The number of halogens is 2. The molecule has 0 fully saturated rings. The highest BCUT2D eigenvalue weighted by molar-refractivity contribution is 6.35. The molecule has 0 spiro atoms. The molecule has 0 bridgehead atoms. The third-order valence-corrected chi connectivity index (χ3v) is 2.88. The molecule has 1 unspecified atom stereocenters. The molecule has 102 valence electrons. The van der Waals surface area contributed by atoms with E-state index in [9.17, 15) is 0 Å². The summed E-state index contributed by atoms with van der Waals surface area (Å²) in [5.41, 5.74) is 6.66. The third-order valence-electron chi connectivity index (χ3n) is 2.38. The third kappa shape index (κ3) is 3.83. The van der Waals surface area contributed by atoms with Crippen LogP contribution in [-0.2, 0) is 13.0 Å². The fourth-order valence-corrected chi connectivity index (χ4v) is 2.26. The first kappa shape index (κ1) is 14.1. The van der Waals surface area contributed by atoms with Gasteiger partial charge >= 0.3 is 0 Å². The molecule has 2 N–H and O–H groups in total. The van der Waals surface area contributed by atoms with Crippen LogP contribution in [0, 0.1) is 0 Å². The van der Waals surface area contributed by atoms with Gasteiger partial charge in [0.15, 0.2) is 6.61 Å². The lowest BCUT2D eigenvalue weighted by molar-refractivity contribution is 0.283. The lowest BCUT2D eigenvalue weighted by Gasteiger charge is -2.14. The predicted molar refractivity (Wildman–Crippen MR) is 72.4 cm³/mol. The molecule has 0 aliphatic heterocycles. The van der Waals surface area contributed by atoms with Crippen molar-refractivity contribution in [2.24, 2.45) is 5.73 Å². The van der Waals surface area contributed by atoms with Crippen LogP contribution in [0.15, 0.2) is 23.0 Å². The summed E-state index contributed by atoms with van der Waals surface area (Å²) < 4.78 is 10.3. The van der Waals surface area contributed by atoms with Crippen molar-refractivity contribution >= 4 is 23.2 Å². The Hall–Kier alpha value is -1.30. The Kier molecular flexibility index (Phi) is 4.63. The molecule has 0 saturated carbocycles. The van der Waals surface area contributed by atoms with Crippen LogP contribution < -0.4 is 10.5 Å². The second kappa shape index (κ2) is 6.23. The van der Waals surface area contributed by atoms with Crippen LogP contribution in [-0.4, -0.2) is 16.2 Å². The molecule has 0 saturated heterocycles. The minimum absolute atomic E-state index is 0.0259. The second-order valence-corrected chi connectivity index (χ2v) is 5.04. The average Bonchev–Trinajstić information content (AvgIpc) is 2.79. The van der Waals surface area contributed by atoms with E-state index in [1.165, 1.54) is 6.39 Å². The van der Waals surface area contributed by atoms with Crippen LogP contribution in [0.4, 0.5) is 0 Å². The Morgan fingerprint density at radius 1 is 1.42 bits per heavy atom. The SMILES string of the molecule is CC(N)Cc1cc(Cl)cc(Cl)c1OCc1ncon1. The molecule has 7 heteroatoms. The normalized spacial score (nSPS) is 12.4. The Balaban J connectivity index is 2.21. The molecule has 2 rings (SSSR count). The predicted octanol–water partition coefficient (Wildman–Crippen LogP) is 2.85. The number of benzene rings is 1. The Morgan fingerprint density at radius 3 is 2.84 bits per heavy atom. The van der Waals surface area contributed by atoms with Gasteiger partial charge in [0.25, 0.3) is 0 Å². The van der Waals surface area contributed by atoms with Crippen LogP contribution in [0.25, 0.3) is 0 Å². The van der Waals surface area contributed by atoms with Gasteiger partial charge in [0.2, 0.25) is 12.2 Å². The van der Waals surface area contributed by atoms with Gasteiger partial charge < -0.3 is 15.0 Å². The van der Waals surface area contributed by atoms with Crippen molar-refractivity contribution in [3.05, 3.63) is 40.0 Å². The highest BCUT2D eigenvalue weighted by Crippen LogP contribution is 2.33. The summed E-state index contributed by atoms with van der Waals surface area (Å²) in [6.07, 6.45) is 1.85. The quantitative estimate of drug-likeness (QED) is 0.919. The topological polar surface area (TPSA) is 74.2 Å². The van der Waals surface area contributed by atoms with Crippen molar-refractivity contribution in [1.82, 2.24) is 10.1 Å². The van der Waals surface area contributed by atoms with Gasteiger partial charge in [-0.1, -0.05) is 28.4 Å². The average molecular weight is 302 g/mol. The Morgan fingerprint density at radius 2 is 2.21 bits per heavy atom. The maximum absolute atomic E-state index is 6.14. The molecule has 0 aliphatic carbocycles. The number of hydrogen-bond donors (Lipinski definition) is 1. The summed E-state index contributed by atoms with van der Waals surface area (Å²) in [6.45, 7) is 2.07. The van der Waals surface area contributed by atoms with Gasteiger partial charge in [-0.2, -0.15) is 4.98 Å². The zero-order valence-corrected chi connectivity index (χ0v) is 11.8. The van der Waals surface area contributed by atoms with Gasteiger partial charge in [0.1, 0.15) is 5.75 Å². The zero-order valence-electron chi connectivity index (χ0n) is 10.3. The second-order valence-electron chi connectivity index (χ2n) is 4.19. The Labute approximate surface area is 120 Å². The lowest BCUT2D eigenvalue weighted by Crippen LogP contribution is -2.18. The summed E-state index contributed by atoms with van der Waals surface area (Å²) in [6, 6.07) is 3.39. The van der Waals surface area contributed by atoms with Crippen molar-refractivity contribution in [2.45, 2.75) is 26.0 Å². The standard InChI is InChI=1S/C12H13Cl2N3O2/c1-7(15)2-8-3-9(13)4-10(14)12(8)18-5-11-16-6-19-17-11/h3-4,6-7H,2,5,15H2,1H3. The van der Waals surface area contributed by atoms with Gasteiger partial charge in [-0.25, -0.2) is 0 Å². The largest absolute Gasteiger partial charge is 0.484 e. The number of hydrogen-bond acceptors (Lipinski definition) is 5. The van der Waals surface area contributed by atoms with Crippen LogP contribution >= 0.6 is 23.2 Å². The van der Waals surface area contributed by atoms with E-state index in [1.54, 1.807) is 12.1 Å². The summed E-state index contributed by atoms with van der Waals surface area (Å²) in [4.78, 5) is 3.87. The van der Waals surface area contributed by atoms with Crippen molar-refractivity contribution < 1.29 is 9.26 Å². The number of rotatable bonds is 5. The molecule has 2 aromatic rings. The smallest absolute Gasteiger partial charge is 0.213 e.